The summed E-state index contributed by atoms with van der Waals surface area (Å²) >= 11 is 0. The molecule has 0 unspecified atom stereocenters. The van der Waals surface area contributed by atoms with E-state index in [1.807, 2.05) is 0 Å². The molecule has 1 N–H and O–H groups in total. The molecular formula is C26H32N4O. The Morgan fingerprint density at radius 2 is 1.94 bits per heavy atom. The number of fused-ring (bicyclic) bond motifs is 1. The number of benzene rings is 1. The number of nitrogens with one attached hydrogen (secondary N) is 1. The molecule has 0 atom stereocenters. The summed E-state index contributed by atoms with van der Waals surface area (Å²) in [6, 6.07) is 12.8. The number of pyridine rings is 1. The third-order valence-electron chi connectivity index (χ3n) is 5.87. The summed E-state index contributed by atoms with van der Waals surface area (Å²) in [5.74, 6) is 0. The van der Waals surface area contributed by atoms with Crippen LogP contribution in [0.4, 0.5) is 0 Å². The van der Waals surface area contributed by atoms with Crippen LogP contribution in [0.5, 0.6) is 0 Å². The smallest absolute Gasteiger partial charge is 0.137 e. The first-order valence-corrected chi connectivity index (χ1v) is 11.1. The quantitative estimate of drug-likeness (QED) is 0.608. The molecule has 5 heteroatoms. The Labute approximate surface area is 185 Å². The lowest BCUT2D eigenvalue weighted by Crippen LogP contribution is -2.24. The van der Waals surface area contributed by atoms with Crippen LogP contribution in [0.15, 0.2) is 55.8 Å². The fourth-order valence-corrected chi connectivity index (χ4v) is 4.07. The molecule has 3 heterocycles. The van der Waals surface area contributed by atoms with Gasteiger partial charge in [-0.2, -0.15) is 0 Å². The summed E-state index contributed by atoms with van der Waals surface area (Å²) in [4.78, 5) is 7.11. The van der Waals surface area contributed by atoms with Crippen molar-refractivity contribution in [2.24, 2.45) is 0 Å². The molecule has 1 aliphatic heterocycles. The Kier molecular flexibility index (Phi) is 6.42. The van der Waals surface area contributed by atoms with Gasteiger partial charge in [-0.3, -0.25) is 4.40 Å². The van der Waals surface area contributed by atoms with Gasteiger partial charge in [-0.15, -0.1) is 0 Å². The average Bonchev–Trinajstić information content (AvgIpc) is 2.95. The van der Waals surface area contributed by atoms with Crippen molar-refractivity contribution in [3.8, 4) is 0 Å². The maximum Gasteiger partial charge on any atom is 0.137 e. The van der Waals surface area contributed by atoms with Gasteiger partial charge in [0.15, 0.2) is 0 Å². The monoisotopic (exact) mass is 416 g/mol. The van der Waals surface area contributed by atoms with E-state index in [0.717, 1.165) is 73.1 Å². The molecule has 0 amide bonds. The first-order valence-electron chi connectivity index (χ1n) is 11.1. The zero-order valence-corrected chi connectivity index (χ0v) is 18.7. The predicted molar refractivity (Wildman–Crippen MR) is 128 cm³/mol. The van der Waals surface area contributed by atoms with E-state index < -0.39 is 0 Å². The van der Waals surface area contributed by atoms with Gasteiger partial charge < -0.3 is 15.0 Å². The van der Waals surface area contributed by atoms with Crippen molar-refractivity contribution in [2.75, 3.05) is 26.3 Å². The van der Waals surface area contributed by atoms with Crippen LogP contribution in [-0.2, 0) is 17.7 Å². The van der Waals surface area contributed by atoms with Gasteiger partial charge in [-0.1, -0.05) is 44.3 Å². The van der Waals surface area contributed by atoms with Crippen molar-refractivity contribution in [3.63, 3.8) is 0 Å². The summed E-state index contributed by atoms with van der Waals surface area (Å²) in [7, 11) is 0. The molecule has 0 spiro atoms. The molecule has 4 rings (SSSR count). The minimum Gasteiger partial charge on any atom is -0.380 e. The van der Waals surface area contributed by atoms with E-state index in [2.05, 4.69) is 84.2 Å². The summed E-state index contributed by atoms with van der Waals surface area (Å²) in [5, 5.41) is 3.50. The molecular weight excluding hydrogens is 384 g/mol. The van der Waals surface area contributed by atoms with Crippen LogP contribution in [0.1, 0.15) is 41.4 Å². The Hall–Kier alpha value is -3.05. The highest BCUT2D eigenvalue weighted by molar-refractivity contribution is 5.66. The average molecular weight is 417 g/mol. The van der Waals surface area contributed by atoms with Crippen LogP contribution >= 0.6 is 0 Å². The van der Waals surface area contributed by atoms with Crippen LogP contribution < -0.4 is 5.32 Å². The molecule has 0 radical (unpaired) electrons. The Bertz CT molecular complexity index is 1070. The van der Waals surface area contributed by atoms with E-state index in [1.54, 1.807) is 0 Å². The SMILES string of the molecule is C=C(NCc1ccc(C(=C)N2CCCOCC2)cc1)c1c(CC)nc2cc(C)ccn12. The molecule has 0 bridgehead atoms. The van der Waals surface area contributed by atoms with Crippen LogP contribution in [-0.4, -0.2) is 40.6 Å². The van der Waals surface area contributed by atoms with Gasteiger partial charge in [0.2, 0.25) is 0 Å². The third-order valence-corrected chi connectivity index (χ3v) is 5.87. The van der Waals surface area contributed by atoms with Gasteiger partial charge in [-0.25, -0.2) is 4.98 Å². The van der Waals surface area contributed by atoms with Crippen molar-refractivity contribution in [1.29, 1.82) is 0 Å². The minimum absolute atomic E-state index is 0.714. The largest absolute Gasteiger partial charge is 0.380 e. The Balaban J connectivity index is 1.43. The standard InChI is InChI=1S/C26H32N4O/c1-5-24-26(30-13-11-19(2)17-25(30)28-24)20(3)27-18-22-7-9-23(10-8-22)21(4)29-12-6-15-31-16-14-29/h7-11,13,17,27H,3-6,12,14-16,18H2,1-2H3. The predicted octanol–water partition coefficient (Wildman–Crippen LogP) is 4.66. The lowest BCUT2D eigenvalue weighted by Gasteiger charge is -2.24. The molecule has 3 aromatic rings. The highest BCUT2D eigenvalue weighted by Gasteiger charge is 2.15. The number of aryl methyl sites for hydroxylation is 2. The minimum atomic E-state index is 0.714. The van der Waals surface area contributed by atoms with E-state index in [4.69, 9.17) is 9.72 Å². The normalized spacial score (nSPS) is 14.5. The second kappa shape index (κ2) is 9.40. The maximum absolute atomic E-state index is 5.56. The van der Waals surface area contributed by atoms with Crippen molar-refractivity contribution in [3.05, 3.63) is 83.8 Å². The number of rotatable bonds is 7. The third kappa shape index (κ3) is 4.67. The van der Waals surface area contributed by atoms with E-state index in [-0.39, 0.29) is 0 Å². The highest BCUT2D eigenvalue weighted by atomic mass is 16.5. The zero-order chi connectivity index (χ0) is 21.8. The fraction of sp³-hybridized carbons (Fsp3) is 0.346. The van der Waals surface area contributed by atoms with E-state index in [9.17, 15) is 0 Å². The molecule has 1 saturated heterocycles. The molecule has 5 nitrogen and oxygen atoms in total. The molecule has 1 aliphatic rings. The molecule has 2 aromatic heterocycles. The first kappa shape index (κ1) is 21.2. The lowest BCUT2D eigenvalue weighted by atomic mass is 10.1. The van der Waals surface area contributed by atoms with Crippen LogP contribution in [0, 0.1) is 6.92 Å². The second-order valence-corrected chi connectivity index (χ2v) is 8.12. The Morgan fingerprint density at radius 3 is 2.71 bits per heavy atom. The summed E-state index contributed by atoms with van der Waals surface area (Å²) in [5.41, 5.74) is 8.64. The second-order valence-electron chi connectivity index (χ2n) is 8.12. The van der Waals surface area contributed by atoms with Gasteiger partial charge in [0, 0.05) is 38.1 Å². The maximum atomic E-state index is 5.56. The fourth-order valence-electron chi connectivity index (χ4n) is 4.07. The van der Waals surface area contributed by atoms with E-state index in [0.29, 0.717) is 6.54 Å². The molecule has 31 heavy (non-hydrogen) atoms. The topological polar surface area (TPSA) is 41.8 Å². The summed E-state index contributed by atoms with van der Waals surface area (Å²) in [6.45, 7) is 17.1. The molecule has 0 saturated carbocycles. The molecule has 0 aliphatic carbocycles. The summed E-state index contributed by atoms with van der Waals surface area (Å²) < 4.78 is 7.68. The van der Waals surface area contributed by atoms with Crippen molar-refractivity contribution >= 4 is 17.0 Å². The van der Waals surface area contributed by atoms with Gasteiger partial charge in [-0.05, 0) is 48.6 Å². The number of aromatic nitrogens is 2. The van der Waals surface area contributed by atoms with Gasteiger partial charge in [0.25, 0.3) is 0 Å². The highest BCUT2D eigenvalue weighted by Crippen LogP contribution is 2.22. The van der Waals surface area contributed by atoms with Crippen LogP contribution in [0.25, 0.3) is 17.0 Å². The van der Waals surface area contributed by atoms with Gasteiger partial charge in [0.1, 0.15) is 5.65 Å². The Morgan fingerprint density at radius 1 is 1.13 bits per heavy atom. The van der Waals surface area contributed by atoms with Crippen LogP contribution in [0.2, 0.25) is 0 Å². The number of hydrogen-bond acceptors (Lipinski definition) is 4. The zero-order valence-electron chi connectivity index (χ0n) is 18.7. The molecule has 162 valence electrons. The molecule has 1 aromatic carbocycles. The summed E-state index contributed by atoms with van der Waals surface area (Å²) in [6.07, 6.45) is 3.99. The number of ether oxygens (including phenoxy) is 1. The number of imidazole rings is 1. The number of hydrogen-bond donors (Lipinski definition) is 1. The van der Waals surface area contributed by atoms with Gasteiger partial charge >= 0.3 is 0 Å². The van der Waals surface area contributed by atoms with Crippen molar-refractivity contribution in [2.45, 2.75) is 33.2 Å². The first-order chi connectivity index (χ1) is 15.1. The van der Waals surface area contributed by atoms with Crippen molar-refractivity contribution < 1.29 is 4.74 Å². The molecule has 1 fully saturated rings. The lowest BCUT2D eigenvalue weighted by molar-refractivity contribution is 0.147. The van der Waals surface area contributed by atoms with Crippen molar-refractivity contribution in [1.82, 2.24) is 19.6 Å². The van der Waals surface area contributed by atoms with Crippen LogP contribution in [0.3, 0.4) is 0 Å². The van der Waals surface area contributed by atoms with E-state index in [1.165, 1.54) is 11.1 Å². The van der Waals surface area contributed by atoms with E-state index >= 15 is 0 Å². The number of nitrogens with zero attached hydrogens (tertiary/aromatic N) is 3. The van der Waals surface area contributed by atoms with Gasteiger partial charge in [0.05, 0.1) is 23.7 Å².